The molecule has 0 radical (unpaired) electrons. The van der Waals surface area contributed by atoms with Crippen LogP contribution in [0.1, 0.15) is 41.3 Å². The second kappa shape index (κ2) is 7.12. The number of unbranched alkanes of at least 4 members (excludes halogenated alkanes) is 1. The molecule has 5 heteroatoms. The molecule has 1 aliphatic carbocycles. The Morgan fingerprint density at radius 3 is 2.46 bits per heavy atom. The molecule has 0 fully saturated rings. The summed E-state index contributed by atoms with van der Waals surface area (Å²) < 4.78 is 5.42. The highest BCUT2D eigenvalue weighted by Crippen LogP contribution is 2.37. The summed E-state index contributed by atoms with van der Waals surface area (Å²) in [4.78, 5) is 5.09. The van der Waals surface area contributed by atoms with Crippen LogP contribution in [0.15, 0.2) is 52.0 Å². The number of rotatable bonds is 6. The number of aryl methyl sites for hydroxylation is 3. The first-order valence-corrected chi connectivity index (χ1v) is 8.89. The number of aromatic nitrogens is 2. The van der Waals surface area contributed by atoms with Gasteiger partial charge >= 0.3 is 0 Å². The molecule has 1 aromatic heterocycles. The van der Waals surface area contributed by atoms with Crippen LogP contribution in [0.4, 0.5) is 0 Å². The third kappa shape index (κ3) is 3.12. The number of fused-ring (bicyclic) bond motifs is 3. The van der Waals surface area contributed by atoms with Crippen LogP contribution >= 0.6 is 0 Å². The van der Waals surface area contributed by atoms with Crippen molar-refractivity contribution in [2.24, 2.45) is 5.16 Å². The second-order valence-electron chi connectivity index (χ2n) is 6.47. The molecule has 1 heterocycles. The average molecular weight is 347 g/mol. The second-order valence-corrected chi connectivity index (χ2v) is 6.47. The van der Waals surface area contributed by atoms with Crippen LogP contribution in [0.5, 0.6) is 0 Å². The Morgan fingerprint density at radius 2 is 1.69 bits per heavy atom. The smallest absolute Gasteiger partial charge is 0.216 e. The Balaban J connectivity index is 1.48. The summed E-state index contributed by atoms with van der Waals surface area (Å²) in [6.07, 6.45) is 3.94. The number of oxime groups is 1. The Labute approximate surface area is 152 Å². The zero-order valence-corrected chi connectivity index (χ0v) is 15.0. The predicted molar refractivity (Wildman–Crippen MR) is 100 cm³/mol. The van der Waals surface area contributed by atoms with Crippen LogP contribution in [0.25, 0.3) is 11.1 Å². The van der Waals surface area contributed by atoms with Gasteiger partial charge in [-0.15, -0.1) is 10.2 Å². The fraction of sp³-hybridized carbons (Fsp3) is 0.286. The average Bonchev–Trinajstić information content (AvgIpc) is 3.21. The van der Waals surface area contributed by atoms with Crippen LogP contribution < -0.4 is 0 Å². The van der Waals surface area contributed by atoms with E-state index in [1.807, 2.05) is 13.0 Å². The lowest BCUT2D eigenvalue weighted by Gasteiger charge is -2.05. The lowest BCUT2D eigenvalue weighted by Crippen LogP contribution is -2.00. The molecule has 0 saturated heterocycles. The van der Waals surface area contributed by atoms with Gasteiger partial charge in [0.05, 0.1) is 0 Å². The maximum Gasteiger partial charge on any atom is 0.216 e. The fourth-order valence-electron chi connectivity index (χ4n) is 3.48. The summed E-state index contributed by atoms with van der Waals surface area (Å²) in [5.74, 6) is 1.35. The minimum atomic E-state index is 0.628. The fourth-order valence-corrected chi connectivity index (χ4v) is 3.48. The lowest BCUT2D eigenvalue weighted by molar-refractivity contribution is 0.214. The van der Waals surface area contributed by atoms with Crippen LogP contribution in [-0.2, 0) is 17.7 Å². The first-order chi connectivity index (χ1) is 12.8. The van der Waals surface area contributed by atoms with Gasteiger partial charge in [-0.25, -0.2) is 0 Å². The zero-order chi connectivity index (χ0) is 17.9. The molecule has 3 aromatic rings. The van der Waals surface area contributed by atoms with E-state index in [2.05, 4.69) is 51.8 Å². The molecule has 0 N–H and O–H groups in total. The van der Waals surface area contributed by atoms with Gasteiger partial charge in [-0.3, -0.25) is 0 Å². The number of nitrogens with zero attached hydrogens (tertiary/aromatic N) is 3. The molecule has 5 nitrogen and oxygen atoms in total. The molecule has 0 unspecified atom stereocenters. The minimum Gasteiger partial charge on any atom is -0.426 e. The maximum absolute atomic E-state index is 5.42. The van der Waals surface area contributed by atoms with E-state index >= 15 is 0 Å². The van der Waals surface area contributed by atoms with Crippen molar-refractivity contribution in [3.05, 3.63) is 70.9 Å². The van der Waals surface area contributed by atoms with Crippen molar-refractivity contribution in [2.45, 2.75) is 32.6 Å². The van der Waals surface area contributed by atoms with Gasteiger partial charge in [0.25, 0.3) is 0 Å². The Kier molecular flexibility index (Phi) is 4.52. The summed E-state index contributed by atoms with van der Waals surface area (Å²) >= 11 is 0. The zero-order valence-electron chi connectivity index (χ0n) is 15.0. The normalized spacial score (nSPS) is 13.7. The van der Waals surface area contributed by atoms with Crippen LogP contribution in [0.2, 0.25) is 0 Å². The van der Waals surface area contributed by atoms with Gasteiger partial charge in [-0.1, -0.05) is 41.6 Å². The van der Waals surface area contributed by atoms with Gasteiger partial charge in [-0.05, 0) is 42.0 Å². The van der Waals surface area contributed by atoms with E-state index in [0.29, 0.717) is 5.89 Å². The first-order valence-electron chi connectivity index (χ1n) is 8.89. The van der Waals surface area contributed by atoms with E-state index in [-0.39, 0.29) is 0 Å². The summed E-state index contributed by atoms with van der Waals surface area (Å²) in [5, 5.41) is 12.2. The lowest BCUT2D eigenvalue weighted by atomic mass is 10.00. The van der Waals surface area contributed by atoms with Crippen molar-refractivity contribution in [3.63, 3.8) is 0 Å². The molecule has 4 rings (SSSR count). The standard InChI is InChI=1S/C21H21N3O2/c1-14-22-23-20(26-14)10-6-3-7-15-11-12-17-16-8-4-5-9-18(16)21(24-25-2)19(17)13-15/h4-5,8-9,11-13H,3,6-7,10H2,1-2H3/b24-21-. The molecule has 1 aliphatic rings. The van der Waals surface area contributed by atoms with Crippen molar-refractivity contribution in [1.82, 2.24) is 10.2 Å². The molecule has 0 spiro atoms. The number of benzene rings is 2. The highest BCUT2D eigenvalue weighted by atomic mass is 16.6. The number of hydrogen-bond acceptors (Lipinski definition) is 5. The van der Waals surface area contributed by atoms with E-state index in [1.165, 1.54) is 16.7 Å². The van der Waals surface area contributed by atoms with E-state index < -0.39 is 0 Å². The Morgan fingerprint density at radius 1 is 0.923 bits per heavy atom. The molecule has 0 aliphatic heterocycles. The van der Waals surface area contributed by atoms with Crippen molar-refractivity contribution in [2.75, 3.05) is 7.11 Å². The van der Waals surface area contributed by atoms with Crippen LogP contribution in [0.3, 0.4) is 0 Å². The Hall–Kier alpha value is -2.95. The van der Waals surface area contributed by atoms with Gasteiger partial charge in [0, 0.05) is 24.5 Å². The summed E-state index contributed by atoms with van der Waals surface area (Å²) in [7, 11) is 1.59. The quantitative estimate of drug-likeness (QED) is 0.385. The van der Waals surface area contributed by atoms with Gasteiger partial charge < -0.3 is 9.25 Å². The summed E-state index contributed by atoms with van der Waals surface area (Å²) in [5.41, 5.74) is 6.95. The van der Waals surface area contributed by atoms with Gasteiger partial charge in [-0.2, -0.15) is 0 Å². The monoisotopic (exact) mass is 347 g/mol. The van der Waals surface area contributed by atoms with Crippen LogP contribution in [0, 0.1) is 6.92 Å². The van der Waals surface area contributed by atoms with E-state index in [4.69, 9.17) is 9.25 Å². The number of hydrogen-bond donors (Lipinski definition) is 0. The molecule has 0 atom stereocenters. The van der Waals surface area contributed by atoms with Gasteiger partial charge in [0.15, 0.2) is 0 Å². The molecular weight excluding hydrogens is 326 g/mol. The van der Waals surface area contributed by atoms with Crippen molar-refractivity contribution in [1.29, 1.82) is 0 Å². The van der Waals surface area contributed by atoms with Crippen molar-refractivity contribution < 1.29 is 9.25 Å². The van der Waals surface area contributed by atoms with Crippen molar-refractivity contribution in [3.8, 4) is 11.1 Å². The summed E-state index contributed by atoms with van der Waals surface area (Å²) in [6, 6.07) is 15.0. The molecular formula is C21H21N3O2. The summed E-state index contributed by atoms with van der Waals surface area (Å²) in [6.45, 7) is 1.82. The first kappa shape index (κ1) is 16.5. The predicted octanol–water partition coefficient (Wildman–Crippen LogP) is 4.32. The van der Waals surface area contributed by atoms with E-state index in [1.54, 1.807) is 7.11 Å². The molecule has 2 aromatic carbocycles. The molecule has 0 saturated carbocycles. The molecule has 132 valence electrons. The highest BCUT2D eigenvalue weighted by Gasteiger charge is 2.25. The van der Waals surface area contributed by atoms with E-state index in [0.717, 1.165) is 48.4 Å². The largest absolute Gasteiger partial charge is 0.426 e. The topological polar surface area (TPSA) is 60.5 Å². The van der Waals surface area contributed by atoms with Gasteiger partial charge in [0.2, 0.25) is 11.8 Å². The third-order valence-electron chi connectivity index (χ3n) is 4.67. The molecule has 0 amide bonds. The van der Waals surface area contributed by atoms with Crippen molar-refractivity contribution >= 4 is 5.71 Å². The van der Waals surface area contributed by atoms with E-state index in [9.17, 15) is 0 Å². The van der Waals surface area contributed by atoms with Crippen LogP contribution in [-0.4, -0.2) is 23.0 Å². The SMILES string of the molecule is CO/N=C1/c2ccccc2-c2ccc(CCCCc3nnc(C)o3)cc21. The molecule has 0 bridgehead atoms. The third-order valence-corrected chi connectivity index (χ3v) is 4.67. The Bertz CT molecular complexity index is 959. The minimum absolute atomic E-state index is 0.628. The highest BCUT2D eigenvalue weighted by molar-refractivity contribution is 6.24. The van der Waals surface area contributed by atoms with Gasteiger partial charge in [0.1, 0.15) is 12.8 Å². The maximum atomic E-state index is 5.42. The molecule has 26 heavy (non-hydrogen) atoms.